The van der Waals surface area contributed by atoms with E-state index >= 15 is 0 Å². The summed E-state index contributed by atoms with van der Waals surface area (Å²) in [6.07, 6.45) is -3.97. The number of aliphatic carboxylic acids is 1. The minimum absolute atomic E-state index is 0.0240. The molecular weight excluding hydrogens is 311 g/mol. The second-order valence-electron chi connectivity index (χ2n) is 5.30. The molecule has 1 aliphatic heterocycles. The molecule has 0 radical (unpaired) electrons. The van der Waals surface area contributed by atoms with E-state index in [-0.39, 0.29) is 17.8 Å². The predicted molar refractivity (Wildman–Crippen MR) is 75.7 cm³/mol. The van der Waals surface area contributed by atoms with Gasteiger partial charge in [-0.1, -0.05) is 18.2 Å². The van der Waals surface area contributed by atoms with Gasteiger partial charge in [0.05, 0.1) is 11.3 Å². The minimum Gasteiger partial charge on any atom is -0.480 e. The Kier molecular flexibility index (Phi) is 3.85. The van der Waals surface area contributed by atoms with Gasteiger partial charge in [0.2, 0.25) is 0 Å². The van der Waals surface area contributed by atoms with Crippen molar-refractivity contribution in [1.82, 2.24) is 15.1 Å². The Morgan fingerprint density at radius 2 is 2.09 bits per heavy atom. The summed E-state index contributed by atoms with van der Waals surface area (Å²) in [5, 5.41) is 16.2. The van der Waals surface area contributed by atoms with Gasteiger partial charge in [0.15, 0.2) is 0 Å². The lowest BCUT2D eigenvalue weighted by atomic mass is 9.98. The first-order chi connectivity index (χ1) is 10.9. The Morgan fingerprint density at radius 3 is 2.78 bits per heavy atom. The molecule has 122 valence electrons. The number of benzene rings is 1. The van der Waals surface area contributed by atoms with Gasteiger partial charge >= 0.3 is 12.1 Å². The maximum Gasteiger partial charge on any atom is 0.417 e. The second-order valence-corrected chi connectivity index (χ2v) is 5.30. The highest BCUT2D eigenvalue weighted by Crippen LogP contribution is 2.38. The zero-order valence-electron chi connectivity index (χ0n) is 12.0. The summed E-state index contributed by atoms with van der Waals surface area (Å²) in [7, 11) is 0. The number of nitrogens with one attached hydrogen (secondary N) is 1. The Bertz CT molecular complexity index is 753. The van der Waals surface area contributed by atoms with E-state index in [9.17, 15) is 18.0 Å². The lowest BCUT2D eigenvalue weighted by Crippen LogP contribution is -2.26. The lowest BCUT2D eigenvalue weighted by Gasteiger charge is -2.16. The normalized spacial score (nSPS) is 14.6. The van der Waals surface area contributed by atoms with Crippen molar-refractivity contribution in [2.24, 2.45) is 0 Å². The van der Waals surface area contributed by atoms with E-state index < -0.39 is 17.7 Å². The molecule has 1 aromatic carbocycles. The highest BCUT2D eigenvalue weighted by atomic mass is 19.4. The fourth-order valence-corrected chi connectivity index (χ4v) is 2.83. The molecule has 1 aromatic heterocycles. The number of carboxylic acids is 1. The van der Waals surface area contributed by atoms with E-state index in [0.717, 1.165) is 6.07 Å². The number of alkyl halides is 3. The number of halogens is 3. The number of carboxylic acid groups (broad SMARTS) is 1. The lowest BCUT2D eigenvalue weighted by molar-refractivity contribution is -0.138. The first-order valence-corrected chi connectivity index (χ1v) is 7.05. The van der Waals surface area contributed by atoms with E-state index in [2.05, 4.69) is 10.4 Å². The first-order valence-electron chi connectivity index (χ1n) is 7.05. The molecule has 0 atom stereocenters. The van der Waals surface area contributed by atoms with Gasteiger partial charge in [-0.05, 0) is 6.07 Å². The molecule has 0 spiro atoms. The van der Waals surface area contributed by atoms with Gasteiger partial charge < -0.3 is 10.4 Å². The monoisotopic (exact) mass is 325 g/mol. The van der Waals surface area contributed by atoms with E-state index in [1.807, 2.05) is 0 Å². The van der Waals surface area contributed by atoms with E-state index in [1.165, 1.54) is 22.9 Å². The number of fused-ring (bicyclic) bond motifs is 1. The van der Waals surface area contributed by atoms with Crippen LogP contribution < -0.4 is 5.32 Å². The Labute approximate surface area is 129 Å². The van der Waals surface area contributed by atoms with Crippen LogP contribution in [0.1, 0.15) is 16.8 Å². The predicted octanol–water partition coefficient (Wildman–Crippen LogP) is 2.30. The summed E-state index contributed by atoms with van der Waals surface area (Å²) in [5.74, 6) is -1.08. The van der Waals surface area contributed by atoms with Crippen molar-refractivity contribution in [2.45, 2.75) is 25.7 Å². The number of hydrogen-bond donors (Lipinski definition) is 2. The van der Waals surface area contributed by atoms with Crippen molar-refractivity contribution in [1.29, 1.82) is 0 Å². The van der Waals surface area contributed by atoms with Crippen LogP contribution >= 0.6 is 0 Å². The summed E-state index contributed by atoms with van der Waals surface area (Å²) in [6.45, 7) is 0.645. The van der Waals surface area contributed by atoms with Crippen LogP contribution in [0.4, 0.5) is 13.2 Å². The average molecular weight is 325 g/mol. The molecule has 8 heteroatoms. The molecule has 3 rings (SSSR count). The summed E-state index contributed by atoms with van der Waals surface area (Å²) in [4.78, 5) is 11.0. The van der Waals surface area contributed by atoms with Gasteiger partial charge in [-0.2, -0.15) is 18.3 Å². The van der Waals surface area contributed by atoms with Crippen molar-refractivity contribution in [3.05, 3.63) is 41.1 Å². The van der Waals surface area contributed by atoms with Crippen LogP contribution in [-0.2, 0) is 30.5 Å². The topological polar surface area (TPSA) is 67.1 Å². The smallest absolute Gasteiger partial charge is 0.417 e. The van der Waals surface area contributed by atoms with Crippen LogP contribution in [0.5, 0.6) is 0 Å². The van der Waals surface area contributed by atoms with Crippen molar-refractivity contribution < 1.29 is 23.1 Å². The number of rotatable bonds is 3. The zero-order chi connectivity index (χ0) is 16.6. The van der Waals surface area contributed by atoms with Crippen molar-refractivity contribution in [2.75, 3.05) is 6.54 Å². The van der Waals surface area contributed by atoms with Crippen LogP contribution in [0.2, 0.25) is 0 Å². The standard InChI is InChI=1S/C15H14F3N3O2/c16-15(17,18)11-4-2-1-3-9(11)14-10-7-19-6-5-12(10)21(20-14)8-13(22)23/h1-4,19H,5-8H2,(H,22,23). The third-order valence-electron chi connectivity index (χ3n) is 3.78. The molecule has 0 amide bonds. The van der Waals surface area contributed by atoms with Gasteiger partial charge in [0.1, 0.15) is 6.54 Å². The van der Waals surface area contributed by atoms with Crippen LogP contribution in [0, 0.1) is 0 Å². The van der Waals surface area contributed by atoms with Crippen molar-refractivity contribution in [3.8, 4) is 11.3 Å². The van der Waals surface area contributed by atoms with E-state index in [1.54, 1.807) is 0 Å². The van der Waals surface area contributed by atoms with Gasteiger partial charge in [0, 0.05) is 36.3 Å². The molecule has 0 fully saturated rings. The molecule has 2 heterocycles. The Morgan fingerprint density at radius 1 is 1.35 bits per heavy atom. The average Bonchev–Trinajstić information content (AvgIpc) is 2.85. The number of aromatic nitrogens is 2. The second kappa shape index (κ2) is 5.69. The van der Waals surface area contributed by atoms with Crippen LogP contribution in [-0.4, -0.2) is 27.4 Å². The summed E-state index contributed by atoms with van der Waals surface area (Å²) < 4.78 is 41.0. The van der Waals surface area contributed by atoms with Crippen LogP contribution in [0.25, 0.3) is 11.3 Å². The molecule has 5 nitrogen and oxygen atoms in total. The first kappa shape index (κ1) is 15.5. The molecular formula is C15H14F3N3O2. The third-order valence-corrected chi connectivity index (χ3v) is 3.78. The van der Waals surface area contributed by atoms with Gasteiger partial charge in [0.25, 0.3) is 0 Å². The number of carbonyl (C=O) groups is 1. The fourth-order valence-electron chi connectivity index (χ4n) is 2.83. The molecule has 0 saturated heterocycles. The van der Waals surface area contributed by atoms with Gasteiger partial charge in [-0.3, -0.25) is 9.48 Å². The molecule has 23 heavy (non-hydrogen) atoms. The van der Waals surface area contributed by atoms with Gasteiger partial charge in [-0.25, -0.2) is 0 Å². The highest BCUT2D eigenvalue weighted by molar-refractivity contribution is 5.70. The quantitative estimate of drug-likeness (QED) is 0.909. The Hall–Kier alpha value is -2.35. The number of hydrogen-bond acceptors (Lipinski definition) is 3. The zero-order valence-corrected chi connectivity index (χ0v) is 12.0. The molecule has 0 bridgehead atoms. The summed E-state index contributed by atoms with van der Waals surface area (Å²) in [6, 6.07) is 5.22. The van der Waals surface area contributed by atoms with Crippen LogP contribution in [0.3, 0.4) is 0 Å². The third kappa shape index (κ3) is 2.94. The molecule has 2 aromatic rings. The maximum atomic E-state index is 13.2. The molecule has 0 unspecified atom stereocenters. The minimum atomic E-state index is -4.50. The number of nitrogens with zero attached hydrogens (tertiary/aromatic N) is 2. The van der Waals surface area contributed by atoms with Crippen molar-refractivity contribution in [3.63, 3.8) is 0 Å². The molecule has 1 aliphatic rings. The van der Waals surface area contributed by atoms with E-state index in [0.29, 0.717) is 30.8 Å². The molecule has 0 saturated carbocycles. The van der Waals surface area contributed by atoms with E-state index in [4.69, 9.17) is 5.11 Å². The fraction of sp³-hybridized carbons (Fsp3) is 0.333. The maximum absolute atomic E-state index is 13.2. The van der Waals surface area contributed by atoms with Crippen LogP contribution in [0.15, 0.2) is 24.3 Å². The highest BCUT2D eigenvalue weighted by Gasteiger charge is 2.35. The summed E-state index contributed by atoms with van der Waals surface area (Å²) >= 11 is 0. The molecule has 0 aliphatic carbocycles. The summed E-state index contributed by atoms with van der Waals surface area (Å²) in [5.41, 5.74) is 0.714. The SMILES string of the molecule is O=C(O)Cn1nc(-c2ccccc2C(F)(F)F)c2c1CCNC2. The molecule has 2 N–H and O–H groups in total. The largest absolute Gasteiger partial charge is 0.480 e. The van der Waals surface area contributed by atoms with Gasteiger partial charge in [-0.15, -0.1) is 0 Å². The Balaban J connectivity index is 2.18. The van der Waals surface area contributed by atoms with Crippen molar-refractivity contribution >= 4 is 5.97 Å².